The van der Waals surface area contributed by atoms with Crippen LogP contribution in [-0.4, -0.2) is 11.8 Å². The SMILES string of the molecule is N#CC1=C(Br)N=C(c2ccccc2)[C@@H](C#N)[C@H]1N. The summed E-state index contributed by atoms with van der Waals surface area (Å²) < 4.78 is 0.405. The lowest BCUT2D eigenvalue weighted by molar-refractivity contribution is 0.700. The molecule has 0 bridgehead atoms. The maximum absolute atomic E-state index is 9.23. The predicted molar refractivity (Wildman–Crippen MR) is 71.6 cm³/mol. The van der Waals surface area contributed by atoms with Crippen molar-refractivity contribution < 1.29 is 0 Å². The zero-order chi connectivity index (χ0) is 13.1. The Balaban J connectivity index is 2.57. The van der Waals surface area contributed by atoms with E-state index in [9.17, 15) is 5.26 Å². The van der Waals surface area contributed by atoms with Gasteiger partial charge in [-0.25, -0.2) is 4.99 Å². The molecule has 0 spiro atoms. The molecular formula is C13H9BrN4. The molecule has 1 aromatic rings. The monoisotopic (exact) mass is 300 g/mol. The molecule has 0 radical (unpaired) electrons. The van der Waals surface area contributed by atoms with Crippen LogP contribution in [0.3, 0.4) is 0 Å². The van der Waals surface area contributed by atoms with Crippen molar-refractivity contribution in [1.29, 1.82) is 10.5 Å². The van der Waals surface area contributed by atoms with Crippen LogP contribution in [0.2, 0.25) is 0 Å². The van der Waals surface area contributed by atoms with Gasteiger partial charge in [-0.1, -0.05) is 30.3 Å². The zero-order valence-electron chi connectivity index (χ0n) is 9.34. The van der Waals surface area contributed by atoms with Crippen LogP contribution in [0.5, 0.6) is 0 Å². The molecule has 5 heteroatoms. The lowest BCUT2D eigenvalue weighted by atomic mass is 9.86. The molecule has 2 rings (SSSR count). The summed E-state index contributed by atoms with van der Waals surface area (Å²) in [5.74, 6) is -0.608. The van der Waals surface area contributed by atoms with E-state index < -0.39 is 12.0 Å². The lowest BCUT2D eigenvalue weighted by Gasteiger charge is -2.23. The molecule has 0 aliphatic carbocycles. The third-order valence-corrected chi connectivity index (χ3v) is 3.36. The van der Waals surface area contributed by atoms with Crippen LogP contribution in [0.15, 0.2) is 45.5 Å². The molecule has 1 heterocycles. The van der Waals surface area contributed by atoms with E-state index in [0.29, 0.717) is 15.9 Å². The van der Waals surface area contributed by atoms with E-state index >= 15 is 0 Å². The van der Waals surface area contributed by atoms with Gasteiger partial charge in [0.15, 0.2) is 0 Å². The van der Waals surface area contributed by atoms with Gasteiger partial charge >= 0.3 is 0 Å². The first-order valence-corrected chi connectivity index (χ1v) is 6.07. The lowest BCUT2D eigenvalue weighted by Crippen LogP contribution is -2.39. The first-order valence-electron chi connectivity index (χ1n) is 5.28. The van der Waals surface area contributed by atoms with Crippen molar-refractivity contribution in [2.75, 3.05) is 0 Å². The maximum Gasteiger partial charge on any atom is 0.121 e. The van der Waals surface area contributed by atoms with E-state index in [0.717, 1.165) is 5.56 Å². The van der Waals surface area contributed by atoms with Crippen LogP contribution < -0.4 is 5.73 Å². The molecule has 1 aliphatic rings. The van der Waals surface area contributed by atoms with Gasteiger partial charge in [0, 0.05) is 0 Å². The number of aliphatic imine (C=N–C) groups is 1. The number of nitriles is 2. The molecule has 0 saturated carbocycles. The van der Waals surface area contributed by atoms with Crippen molar-refractivity contribution in [2.45, 2.75) is 6.04 Å². The van der Waals surface area contributed by atoms with E-state index in [4.69, 9.17) is 11.0 Å². The van der Waals surface area contributed by atoms with Crippen molar-refractivity contribution in [3.05, 3.63) is 46.1 Å². The smallest absolute Gasteiger partial charge is 0.121 e. The summed E-state index contributed by atoms with van der Waals surface area (Å²) in [6, 6.07) is 12.8. The Bertz CT molecular complexity index is 604. The van der Waals surface area contributed by atoms with Crippen LogP contribution in [0.4, 0.5) is 0 Å². The van der Waals surface area contributed by atoms with Gasteiger partial charge in [0.2, 0.25) is 0 Å². The fourth-order valence-corrected chi connectivity index (χ4v) is 2.37. The molecule has 18 heavy (non-hydrogen) atoms. The van der Waals surface area contributed by atoms with Crippen LogP contribution in [0.25, 0.3) is 0 Å². The van der Waals surface area contributed by atoms with E-state index in [2.05, 4.69) is 27.0 Å². The van der Waals surface area contributed by atoms with Crippen LogP contribution in [0.1, 0.15) is 5.56 Å². The highest BCUT2D eigenvalue weighted by Crippen LogP contribution is 2.28. The van der Waals surface area contributed by atoms with E-state index in [1.165, 1.54) is 0 Å². The fourth-order valence-electron chi connectivity index (χ4n) is 1.82. The molecule has 0 aromatic heterocycles. The number of halogens is 1. The molecule has 2 N–H and O–H groups in total. The number of hydrogen-bond acceptors (Lipinski definition) is 4. The maximum atomic E-state index is 9.23. The largest absolute Gasteiger partial charge is 0.322 e. The quantitative estimate of drug-likeness (QED) is 0.806. The molecule has 2 atom stereocenters. The predicted octanol–water partition coefficient (Wildman–Crippen LogP) is 2.09. The molecule has 0 fully saturated rings. The second kappa shape index (κ2) is 5.14. The summed E-state index contributed by atoms with van der Waals surface area (Å²) in [5.41, 5.74) is 7.69. The van der Waals surface area contributed by atoms with E-state index in [1.54, 1.807) is 0 Å². The second-order valence-corrected chi connectivity index (χ2v) is 4.56. The number of rotatable bonds is 1. The van der Waals surface area contributed by atoms with E-state index in [1.807, 2.05) is 36.4 Å². The van der Waals surface area contributed by atoms with Gasteiger partial charge in [0.25, 0.3) is 0 Å². The van der Waals surface area contributed by atoms with Crippen molar-refractivity contribution >= 4 is 21.6 Å². The van der Waals surface area contributed by atoms with Crippen molar-refractivity contribution in [3.63, 3.8) is 0 Å². The first-order chi connectivity index (χ1) is 8.69. The van der Waals surface area contributed by atoms with Crippen molar-refractivity contribution in [1.82, 2.24) is 0 Å². The fraction of sp³-hybridized carbons (Fsp3) is 0.154. The van der Waals surface area contributed by atoms with Gasteiger partial charge in [-0.15, -0.1) is 0 Å². The summed E-state index contributed by atoms with van der Waals surface area (Å²) in [4.78, 5) is 4.30. The van der Waals surface area contributed by atoms with E-state index in [-0.39, 0.29) is 0 Å². The first kappa shape index (κ1) is 12.5. The Labute approximate surface area is 113 Å². The van der Waals surface area contributed by atoms with Gasteiger partial charge in [-0.2, -0.15) is 10.5 Å². The number of nitrogens with zero attached hydrogens (tertiary/aromatic N) is 3. The normalized spacial score (nSPS) is 23.0. The molecule has 0 unspecified atom stereocenters. The van der Waals surface area contributed by atoms with Gasteiger partial charge in [0.05, 0.1) is 29.5 Å². The summed E-state index contributed by atoms with van der Waals surface area (Å²) in [5, 5.41) is 18.2. The summed E-state index contributed by atoms with van der Waals surface area (Å²) in [6.45, 7) is 0. The van der Waals surface area contributed by atoms with Crippen LogP contribution in [0, 0.1) is 28.6 Å². The molecule has 88 valence electrons. The Morgan fingerprint density at radius 3 is 2.44 bits per heavy atom. The molecule has 0 saturated heterocycles. The third kappa shape index (κ3) is 2.06. The standard InChI is InChI=1S/C13H9BrN4/c14-13-10(7-16)11(17)9(6-15)12(18-13)8-4-2-1-3-5-8/h1-5,9,11H,17H2/t9-,11+/m0/s1. The summed E-state index contributed by atoms with van der Waals surface area (Å²) in [6.07, 6.45) is 0. The molecular weight excluding hydrogens is 292 g/mol. The van der Waals surface area contributed by atoms with Crippen LogP contribution >= 0.6 is 15.9 Å². The molecule has 1 aliphatic heterocycles. The Morgan fingerprint density at radius 2 is 1.89 bits per heavy atom. The molecule has 0 amide bonds. The highest BCUT2D eigenvalue weighted by molar-refractivity contribution is 9.11. The van der Waals surface area contributed by atoms with Crippen molar-refractivity contribution in [3.8, 4) is 12.1 Å². The summed E-state index contributed by atoms with van der Waals surface area (Å²) >= 11 is 3.23. The third-order valence-electron chi connectivity index (χ3n) is 2.76. The average Bonchev–Trinajstić information content (AvgIpc) is 2.39. The van der Waals surface area contributed by atoms with Gasteiger partial charge in [-0.05, 0) is 21.5 Å². The molecule has 4 nitrogen and oxygen atoms in total. The Hall–Kier alpha value is -1.95. The number of nitrogens with two attached hydrogens (primary N) is 1. The molecule has 1 aromatic carbocycles. The highest BCUT2D eigenvalue weighted by atomic mass is 79.9. The van der Waals surface area contributed by atoms with Crippen molar-refractivity contribution in [2.24, 2.45) is 16.6 Å². The number of hydrogen-bond donors (Lipinski definition) is 1. The Morgan fingerprint density at radius 1 is 1.22 bits per heavy atom. The van der Waals surface area contributed by atoms with Gasteiger partial charge in [0.1, 0.15) is 10.5 Å². The summed E-state index contributed by atoms with van der Waals surface area (Å²) in [7, 11) is 0. The zero-order valence-corrected chi connectivity index (χ0v) is 10.9. The Kier molecular flexibility index (Phi) is 3.57. The van der Waals surface area contributed by atoms with Gasteiger partial charge in [-0.3, -0.25) is 0 Å². The van der Waals surface area contributed by atoms with Gasteiger partial charge < -0.3 is 5.73 Å². The highest BCUT2D eigenvalue weighted by Gasteiger charge is 2.32. The average molecular weight is 301 g/mol. The second-order valence-electron chi connectivity index (χ2n) is 3.81. The minimum absolute atomic E-state index is 0.307. The van der Waals surface area contributed by atoms with Crippen LogP contribution in [-0.2, 0) is 0 Å². The minimum Gasteiger partial charge on any atom is -0.322 e. The minimum atomic E-state index is -0.651. The number of benzene rings is 1. The topological polar surface area (TPSA) is 86.0 Å².